The number of nitrogens with one attached hydrogen (secondary N) is 1. The Hall–Kier alpha value is -2.54. The minimum Gasteiger partial charge on any atom is -0.378 e. The molecule has 1 saturated heterocycles. The van der Waals surface area contributed by atoms with E-state index in [4.69, 9.17) is 4.74 Å². The summed E-state index contributed by atoms with van der Waals surface area (Å²) in [7, 11) is 0. The lowest BCUT2D eigenvalue weighted by Gasteiger charge is -2.27. The molecule has 1 fully saturated rings. The van der Waals surface area contributed by atoms with E-state index in [0.717, 1.165) is 43.4 Å². The van der Waals surface area contributed by atoms with Crippen molar-refractivity contribution >= 4 is 11.7 Å². The molecule has 120 valence electrons. The zero-order valence-electron chi connectivity index (χ0n) is 13.0. The number of carbonyl (C=O) groups is 1. The van der Waals surface area contributed by atoms with Crippen LogP contribution in [0.2, 0.25) is 0 Å². The fourth-order valence-electron chi connectivity index (χ4n) is 2.28. The predicted octanol–water partition coefficient (Wildman–Crippen LogP) is 0.947. The second-order valence-electron chi connectivity index (χ2n) is 5.35. The number of hydrogen-bond acceptors (Lipinski definition) is 6. The highest BCUT2D eigenvalue weighted by atomic mass is 16.5. The standard InChI is InChI=1S/C16H19N5O2/c1-12-8-18-14(11-17-12)16(22)20-10-13-2-3-15(19-9-13)21-4-6-23-7-5-21/h2-3,8-9,11H,4-7,10H2,1H3,(H,20,22). The summed E-state index contributed by atoms with van der Waals surface area (Å²) in [6, 6.07) is 3.94. The number of hydrogen-bond donors (Lipinski definition) is 1. The van der Waals surface area contributed by atoms with E-state index >= 15 is 0 Å². The molecule has 1 N–H and O–H groups in total. The number of rotatable bonds is 4. The van der Waals surface area contributed by atoms with Gasteiger partial charge in [0.15, 0.2) is 0 Å². The van der Waals surface area contributed by atoms with Gasteiger partial charge in [-0.15, -0.1) is 0 Å². The summed E-state index contributed by atoms with van der Waals surface area (Å²) in [5.41, 5.74) is 2.04. The van der Waals surface area contributed by atoms with Crippen LogP contribution in [0.1, 0.15) is 21.7 Å². The third kappa shape index (κ3) is 4.01. The van der Waals surface area contributed by atoms with E-state index in [-0.39, 0.29) is 5.91 Å². The number of carbonyl (C=O) groups excluding carboxylic acids is 1. The minimum absolute atomic E-state index is 0.241. The summed E-state index contributed by atoms with van der Waals surface area (Å²) in [6.07, 6.45) is 4.84. The monoisotopic (exact) mass is 313 g/mol. The average molecular weight is 313 g/mol. The molecule has 0 bridgehead atoms. The minimum atomic E-state index is -0.241. The van der Waals surface area contributed by atoms with Gasteiger partial charge in [0.05, 0.1) is 25.1 Å². The molecule has 2 aromatic rings. The maximum atomic E-state index is 12.0. The molecule has 2 aromatic heterocycles. The third-order valence-corrected chi connectivity index (χ3v) is 3.61. The lowest BCUT2D eigenvalue weighted by molar-refractivity contribution is 0.0945. The van der Waals surface area contributed by atoms with Crippen LogP contribution in [0.3, 0.4) is 0 Å². The molecule has 1 aliphatic rings. The summed E-state index contributed by atoms with van der Waals surface area (Å²) < 4.78 is 5.33. The van der Waals surface area contributed by atoms with Crippen molar-refractivity contribution in [1.29, 1.82) is 0 Å². The summed E-state index contributed by atoms with van der Waals surface area (Å²) in [6.45, 7) is 5.42. The molecule has 0 atom stereocenters. The van der Waals surface area contributed by atoms with Gasteiger partial charge in [-0.1, -0.05) is 6.07 Å². The van der Waals surface area contributed by atoms with Gasteiger partial charge in [0.2, 0.25) is 0 Å². The molecule has 0 saturated carbocycles. The molecule has 0 aromatic carbocycles. The van der Waals surface area contributed by atoms with Crippen LogP contribution < -0.4 is 10.2 Å². The van der Waals surface area contributed by atoms with Gasteiger partial charge in [-0.05, 0) is 18.6 Å². The van der Waals surface area contributed by atoms with Crippen LogP contribution in [0.25, 0.3) is 0 Å². The SMILES string of the molecule is Cc1cnc(C(=O)NCc2ccc(N3CCOCC3)nc2)cn1. The zero-order chi connectivity index (χ0) is 16.1. The molecule has 0 unspecified atom stereocenters. The molecule has 3 rings (SSSR count). The summed E-state index contributed by atoms with van der Waals surface area (Å²) in [5.74, 6) is 0.697. The van der Waals surface area contributed by atoms with Gasteiger partial charge in [-0.3, -0.25) is 9.78 Å². The number of aromatic nitrogens is 3. The fourth-order valence-corrected chi connectivity index (χ4v) is 2.28. The highest BCUT2D eigenvalue weighted by molar-refractivity contribution is 5.91. The van der Waals surface area contributed by atoms with Crippen LogP contribution in [0.15, 0.2) is 30.7 Å². The van der Waals surface area contributed by atoms with Crippen LogP contribution in [0.4, 0.5) is 5.82 Å². The van der Waals surface area contributed by atoms with Gasteiger partial charge >= 0.3 is 0 Å². The normalized spacial score (nSPS) is 14.6. The van der Waals surface area contributed by atoms with E-state index in [1.165, 1.54) is 6.20 Å². The van der Waals surface area contributed by atoms with Gasteiger partial charge in [0, 0.05) is 32.0 Å². The molecule has 0 radical (unpaired) electrons. The van der Waals surface area contributed by atoms with E-state index in [0.29, 0.717) is 12.2 Å². The molecular weight excluding hydrogens is 294 g/mol. The lowest BCUT2D eigenvalue weighted by Crippen LogP contribution is -2.36. The van der Waals surface area contributed by atoms with Gasteiger partial charge in [0.1, 0.15) is 11.5 Å². The summed E-state index contributed by atoms with van der Waals surface area (Å²) in [5, 5.41) is 2.82. The Morgan fingerprint density at radius 2 is 2.00 bits per heavy atom. The van der Waals surface area contributed by atoms with Gasteiger partial charge in [-0.25, -0.2) is 9.97 Å². The first-order chi connectivity index (χ1) is 11.2. The molecule has 0 aliphatic carbocycles. The van der Waals surface area contributed by atoms with E-state index in [1.807, 2.05) is 19.1 Å². The first-order valence-electron chi connectivity index (χ1n) is 7.57. The van der Waals surface area contributed by atoms with Gasteiger partial charge in [0.25, 0.3) is 5.91 Å². The number of nitrogens with zero attached hydrogens (tertiary/aromatic N) is 4. The Morgan fingerprint density at radius 3 is 2.65 bits per heavy atom. The highest BCUT2D eigenvalue weighted by Crippen LogP contribution is 2.13. The Bertz CT molecular complexity index is 651. The van der Waals surface area contributed by atoms with Crippen molar-refractivity contribution in [3.05, 3.63) is 47.7 Å². The molecule has 1 aliphatic heterocycles. The first kappa shape index (κ1) is 15.4. The Labute approximate surface area is 134 Å². The second kappa shape index (κ2) is 7.15. The van der Waals surface area contributed by atoms with Crippen molar-refractivity contribution in [2.75, 3.05) is 31.2 Å². The van der Waals surface area contributed by atoms with Crippen molar-refractivity contribution in [3.63, 3.8) is 0 Å². The number of aryl methyl sites for hydroxylation is 1. The largest absolute Gasteiger partial charge is 0.378 e. The first-order valence-corrected chi connectivity index (χ1v) is 7.57. The molecular formula is C16H19N5O2. The zero-order valence-corrected chi connectivity index (χ0v) is 13.0. The summed E-state index contributed by atoms with van der Waals surface area (Å²) in [4.78, 5) is 26.8. The molecule has 1 amide bonds. The quantitative estimate of drug-likeness (QED) is 0.905. The molecule has 3 heterocycles. The summed E-state index contributed by atoms with van der Waals surface area (Å²) >= 11 is 0. The van der Waals surface area contributed by atoms with Gasteiger partial charge < -0.3 is 15.0 Å². The van der Waals surface area contributed by atoms with E-state index in [9.17, 15) is 4.79 Å². The fraction of sp³-hybridized carbons (Fsp3) is 0.375. The highest BCUT2D eigenvalue weighted by Gasteiger charge is 2.12. The number of morpholine rings is 1. The number of ether oxygens (including phenoxy) is 1. The Kier molecular flexibility index (Phi) is 4.77. The maximum absolute atomic E-state index is 12.0. The van der Waals surface area contributed by atoms with E-state index in [1.54, 1.807) is 12.4 Å². The van der Waals surface area contributed by atoms with Crippen molar-refractivity contribution in [2.24, 2.45) is 0 Å². The number of anilines is 1. The van der Waals surface area contributed by atoms with Crippen molar-refractivity contribution in [3.8, 4) is 0 Å². The second-order valence-corrected chi connectivity index (χ2v) is 5.35. The van der Waals surface area contributed by atoms with E-state index in [2.05, 4.69) is 25.2 Å². The number of amides is 1. The van der Waals surface area contributed by atoms with Crippen LogP contribution in [0, 0.1) is 6.92 Å². The molecule has 23 heavy (non-hydrogen) atoms. The Morgan fingerprint density at radius 1 is 1.17 bits per heavy atom. The molecule has 0 spiro atoms. The van der Waals surface area contributed by atoms with Crippen LogP contribution in [-0.4, -0.2) is 47.2 Å². The smallest absolute Gasteiger partial charge is 0.271 e. The Balaban J connectivity index is 1.55. The topological polar surface area (TPSA) is 80.2 Å². The van der Waals surface area contributed by atoms with E-state index < -0.39 is 0 Å². The molecule has 7 heteroatoms. The van der Waals surface area contributed by atoms with Crippen LogP contribution >= 0.6 is 0 Å². The average Bonchev–Trinajstić information content (AvgIpc) is 2.61. The van der Waals surface area contributed by atoms with Crippen molar-refractivity contribution < 1.29 is 9.53 Å². The van der Waals surface area contributed by atoms with Crippen LogP contribution in [-0.2, 0) is 11.3 Å². The molecule has 7 nitrogen and oxygen atoms in total. The predicted molar refractivity (Wildman–Crippen MR) is 85.2 cm³/mol. The lowest BCUT2D eigenvalue weighted by atomic mass is 10.2. The van der Waals surface area contributed by atoms with Crippen LogP contribution in [0.5, 0.6) is 0 Å². The third-order valence-electron chi connectivity index (χ3n) is 3.61. The maximum Gasteiger partial charge on any atom is 0.271 e. The van der Waals surface area contributed by atoms with Crippen molar-refractivity contribution in [1.82, 2.24) is 20.3 Å². The van der Waals surface area contributed by atoms with Crippen molar-refractivity contribution in [2.45, 2.75) is 13.5 Å². The van der Waals surface area contributed by atoms with Gasteiger partial charge in [-0.2, -0.15) is 0 Å². The number of pyridine rings is 1.